The van der Waals surface area contributed by atoms with E-state index in [1.165, 1.54) is 14.2 Å². The Hall–Kier alpha value is -2.10. The molecule has 2 fully saturated rings. The molecule has 0 amide bonds. The van der Waals surface area contributed by atoms with Crippen LogP contribution in [-0.4, -0.2) is 129 Å². The van der Waals surface area contributed by atoms with Gasteiger partial charge in [0.2, 0.25) is 0 Å². The van der Waals surface area contributed by atoms with Gasteiger partial charge in [-0.2, -0.15) is 0 Å². The van der Waals surface area contributed by atoms with Gasteiger partial charge in [0.15, 0.2) is 0 Å². The van der Waals surface area contributed by atoms with E-state index in [4.69, 9.17) is 18.9 Å². The van der Waals surface area contributed by atoms with Crippen LogP contribution in [0.3, 0.4) is 0 Å². The van der Waals surface area contributed by atoms with E-state index in [1.54, 1.807) is 36.4 Å². The summed E-state index contributed by atoms with van der Waals surface area (Å²) in [5.74, 6) is 1.01. The van der Waals surface area contributed by atoms with Crippen LogP contribution in [0.1, 0.15) is 24.0 Å². The summed E-state index contributed by atoms with van der Waals surface area (Å²) in [6.45, 7) is -0.997. The second-order valence-corrected chi connectivity index (χ2v) is 9.35. The molecule has 1 aromatic rings. The zero-order chi connectivity index (χ0) is 28.0. The molecule has 2 heterocycles. The predicted molar refractivity (Wildman–Crippen MR) is 134 cm³/mol. The molecule has 0 aliphatic carbocycles. The van der Waals surface area contributed by atoms with Crippen molar-refractivity contribution >= 4 is 12.2 Å². The third-order valence-electron chi connectivity index (χ3n) is 6.90. The molecule has 12 nitrogen and oxygen atoms in total. The van der Waals surface area contributed by atoms with Gasteiger partial charge in [-0.25, -0.2) is 0 Å². The highest BCUT2D eigenvalue weighted by molar-refractivity contribution is 5.68. The Kier molecular flexibility index (Phi) is 11.1. The minimum absolute atomic E-state index is 0.188. The molecule has 0 radical (unpaired) electrons. The van der Waals surface area contributed by atoms with E-state index < -0.39 is 74.3 Å². The van der Waals surface area contributed by atoms with Crippen molar-refractivity contribution in [2.24, 2.45) is 0 Å². The van der Waals surface area contributed by atoms with E-state index in [0.29, 0.717) is 22.6 Å². The maximum absolute atomic E-state index is 10.2. The van der Waals surface area contributed by atoms with Crippen LogP contribution < -0.4 is 9.47 Å². The molecule has 0 bridgehead atoms. The molecule has 3 rings (SSSR count). The Morgan fingerprint density at radius 3 is 1.26 bits per heavy atom. The maximum Gasteiger partial charge on any atom is 0.126 e. The minimum Gasteiger partial charge on any atom is -0.496 e. The normalized spacial score (nSPS) is 36.2. The van der Waals surface area contributed by atoms with Crippen molar-refractivity contribution < 1.29 is 59.8 Å². The maximum atomic E-state index is 10.2. The van der Waals surface area contributed by atoms with Crippen molar-refractivity contribution in [1.82, 2.24) is 0 Å². The second-order valence-electron chi connectivity index (χ2n) is 9.35. The summed E-state index contributed by atoms with van der Waals surface area (Å²) >= 11 is 0. The Labute approximate surface area is 220 Å². The molecule has 0 spiro atoms. The van der Waals surface area contributed by atoms with Gasteiger partial charge in [-0.1, -0.05) is 24.3 Å². The van der Waals surface area contributed by atoms with Crippen LogP contribution in [0.5, 0.6) is 11.5 Å². The first-order chi connectivity index (χ1) is 18.2. The monoisotopic (exact) mass is 542 g/mol. The molecule has 1 aromatic carbocycles. The van der Waals surface area contributed by atoms with Crippen molar-refractivity contribution in [2.75, 3.05) is 27.4 Å². The summed E-state index contributed by atoms with van der Waals surface area (Å²) in [7, 11) is 3.00. The molecule has 8 N–H and O–H groups in total. The SMILES string of the molecule is COc1cc(/C=C/C[C@H]2O[C@H](CO)[C@@H](O)[C@H](O)[C@@H]2O)c(OC)cc1/C=C/C[C@H]1O[C@H](CO)[C@@H](O)[C@H](O)[C@@H]1O. The number of methoxy groups -OCH3 is 2. The van der Waals surface area contributed by atoms with Crippen LogP contribution in [0, 0.1) is 0 Å². The van der Waals surface area contributed by atoms with Gasteiger partial charge in [0.1, 0.15) is 60.3 Å². The van der Waals surface area contributed by atoms with Gasteiger partial charge in [0.25, 0.3) is 0 Å². The zero-order valence-corrected chi connectivity index (χ0v) is 21.3. The van der Waals surface area contributed by atoms with Crippen molar-refractivity contribution in [1.29, 1.82) is 0 Å². The zero-order valence-electron chi connectivity index (χ0n) is 21.3. The summed E-state index contributed by atoms with van der Waals surface area (Å²) in [4.78, 5) is 0. The first-order valence-corrected chi connectivity index (χ1v) is 12.4. The van der Waals surface area contributed by atoms with Gasteiger partial charge in [-0.15, -0.1) is 0 Å². The van der Waals surface area contributed by atoms with Gasteiger partial charge in [-0.3, -0.25) is 0 Å². The van der Waals surface area contributed by atoms with Crippen LogP contribution in [0.4, 0.5) is 0 Å². The van der Waals surface area contributed by atoms with Crippen molar-refractivity contribution in [2.45, 2.75) is 73.9 Å². The molecule has 0 unspecified atom stereocenters. The molecule has 2 aliphatic rings. The summed E-state index contributed by atoms with van der Waals surface area (Å²) in [6, 6.07) is 3.46. The molecule has 214 valence electrons. The lowest BCUT2D eigenvalue weighted by Crippen LogP contribution is -2.58. The van der Waals surface area contributed by atoms with E-state index >= 15 is 0 Å². The fourth-order valence-corrected chi connectivity index (χ4v) is 4.61. The number of hydrogen-bond donors (Lipinski definition) is 8. The first kappa shape index (κ1) is 30.4. The summed E-state index contributed by atoms with van der Waals surface area (Å²) in [6.07, 6.45) is -4.75. The summed E-state index contributed by atoms with van der Waals surface area (Å²) in [5.41, 5.74) is 1.31. The third-order valence-corrected chi connectivity index (χ3v) is 6.90. The van der Waals surface area contributed by atoms with Crippen LogP contribution in [0.15, 0.2) is 24.3 Å². The van der Waals surface area contributed by atoms with E-state index in [1.807, 2.05) is 0 Å². The molecule has 2 saturated heterocycles. The Balaban J connectivity index is 1.71. The van der Waals surface area contributed by atoms with Crippen molar-refractivity contribution in [3.63, 3.8) is 0 Å². The standard InChI is InChI=1S/C26H38O12/c1-35-17-9-14(6-4-8-16-22(30)26(34)24(32)20(12-28)38-16)18(36-2)10-13(17)5-3-7-15-21(29)25(33)23(31)19(11-27)37-15/h3-6,9-10,15-16,19-34H,7-8,11-12H2,1-2H3/b5-3+,6-4+/t15-,16-,19-,20-,21-,22-,23-,24-,25-,26-/m1/s1. The molecule has 10 atom stereocenters. The molecule has 0 saturated carbocycles. The van der Waals surface area contributed by atoms with Crippen LogP contribution in [0.25, 0.3) is 12.2 Å². The highest BCUT2D eigenvalue weighted by Gasteiger charge is 2.43. The second kappa shape index (κ2) is 13.8. The topological polar surface area (TPSA) is 199 Å². The van der Waals surface area contributed by atoms with Gasteiger partial charge >= 0.3 is 0 Å². The van der Waals surface area contributed by atoms with E-state index in [0.717, 1.165) is 0 Å². The lowest BCUT2D eigenvalue weighted by molar-refractivity contribution is -0.227. The number of hydrogen-bond acceptors (Lipinski definition) is 12. The van der Waals surface area contributed by atoms with Gasteiger partial charge in [0, 0.05) is 11.1 Å². The summed E-state index contributed by atoms with van der Waals surface area (Å²) < 4.78 is 22.0. The average Bonchev–Trinajstić information content (AvgIpc) is 2.93. The van der Waals surface area contributed by atoms with E-state index in [-0.39, 0.29) is 12.8 Å². The predicted octanol–water partition coefficient (Wildman–Crippen LogP) is -1.80. The Morgan fingerprint density at radius 2 is 0.947 bits per heavy atom. The fourth-order valence-electron chi connectivity index (χ4n) is 4.61. The van der Waals surface area contributed by atoms with Crippen molar-refractivity contribution in [3.8, 4) is 11.5 Å². The van der Waals surface area contributed by atoms with Crippen LogP contribution in [-0.2, 0) is 9.47 Å². The van der Waals surface area contributed by atoms with Gasteiger partial charge in [0.05, 0.1) is 39.6 Å². The smallest absolute Gasteiger partial charge is 0.126 e. The largest absolute Gasteiger partial charge is 0.496 e. The molecule has 0 aromatic heterocycles. The number of aliphatic hydroxyl groups is 8. The lowest BCUT2D eigenvalue weighted by atomic mass is 9.93. The highest BCUT2D eigenvalue weighted by Crippen LogP contribution is 2.32. The Bertz CT molecular complexity index is 873. The van der Waals surface area contributed by atoms with E-state index in [2.05, 4.69) is 0 Å². The number of aliphatic hydroxyl groups excluding tert-OH is 8. The molecule has 2 aliphatic heterocycles. The minimum atomic E-state index is -1.44. The quantitative estimate of drug-likeness (QED) is 0.165. The number of rotatable bonds is 10. The highest BCUT2D eigenvalue weighted by atomic mass is 16.6. The van der Waals surface area contributed by atoms with Crippen molar-refractivity contribution in [3.05, 3.63) is 35.4 Å². The fraction of sp³-hybridized carbons (Fsp3) is 0.615. The van der Waals surface area contributed by atoms with Crippen LogP contribution >= 0.6 is 0 Å². The van der Waals surface area contributed by atoms with Crippen LogP contribution in [0.2, 0.25) is 0 Å². The lowest BCUT2D eigenvalue weighted by Gasteiger charge is -2.39. The molecular weight excluding hydrogens is 504 g/mol. The molecule has 38 heavy (non-hydrogen) atoms. The molecule has 12 heteroatoms. The Morgan fingerprint density at radius 1 is 0.605 bits per heavy atom. The first-order valence-electron chi connectivity index (χ1n) is 12.4. The number of ether oxygens (including phenoxy) is 4. The summed E-state index contributed by atoms with van der Waals surface area (Å²) in [5, 5.41) is 78.9. The van der Waals surface area contributed by atoms with Gasteiger partial charge < -0.3 is 59.8 Å². The van der Waals surface area contributed by atoms with E-state index in [9.17, 15) is 40.9 Å². The molecular formula is C26H38O12. The number of benzene rings is 1. The van der Waals surface area contributed by atoms with Gasteiger partial charge in [-0.05, 0) is 25.0 Å². The third kappa shape index (κ3) is 6.72. The average molecular weight is 543 g/mol.